The zero-order valence-electron chi connectivity index (χ0n) is 12.0. The summed E-state index contributed by atoms with van der Waals surface area (Å²) in [7, 11) is 0. The Kier molecular flexibility index (Phi) is 7.16. The van der Waals surface area contributed by atoms with Crippen LogP contribution in [0.1, 0.15) is 32.1 Å². The summed E-state index contributed by atoms with van der Waals surface area (Å²) >= 11 is 0. The van der Waals surface area contributed by atoms with Crippen LogP contribution in [-0.4, -0.2) is 42.3 Å². The summed E-state index contributed by atoms with van der Waals surface area (Å²) in [4.78, 5) is 36.8. The molecule has 0 aromatic rings. The number of hydrogen-bond donors (Lipinski definition) is 0. The number of rotatable bonds is 8. The first-order chi connectivity index (χ1) is 10.1. The molecule has 21 heavy (non-hydrogen) atoms. The monoisotopic (exact) mass is 292 g/mol. The van der Waals surface area contributed by atoms with Gasteiger partial charge in [0, 0.05) is 25.3 Å². The number of likely N-dealkylation sites (tertiary alicyclic amines) is 1. The SMILES string of the molecule is C=CCCC(=O)C[C@H]1CCCN(CC(=O)OCC#N)C1=O. The van der Waals surface area contributed by atoms with E-state index in [2.05, 4.69) is 11.3 Å². The minimum atomic E-state index is -0.594. The Morgan fingerprint density at radius 2 is 2.29 bits per heavy atom. The van der Waals surface area contributed by atoms with Gasteiger partial charge in [-0.05, 0) is 19.3 Å². The van der Waals surface area contributed by atoms with E-state index in [0.29, 0.717) is 25.8 Å². The van der Waals surface area contributed by atoms with Crippen molar-refractivity contribution in [2.24, 2.45) is 5.92 Å². The fraction of sp³-hybridized carbons (Fsp3) is 0.600. The zero-order chi connectivity index (χ0) is 15.7. The van der Waals surface area contributed by atoms with Crippen LogP contribution in [0.4, 0.5) is 0 Å². The highest BCUT2D eigenvalue weighted by Gasteiger charge is 2.31. The van der Waals surface area contributed by atoms with Crippen LogP contribution in [0.3, 0.4) is 0 Å². The molecule has 6 heteroatoms. The van der Waals surface area contributed by atoms with Gasteiger partial charge in [0.05, 0.1) is 0 Å². The second-order valence-electron chi connectivity index (χ2n) is 4.99. The normalized spacial score (nSPS) is 18.0. The van der Waals surface area contributed by atoms with Crippen molar-refractivity contribution in [2.75, 3.05) is 19.7 Å². The van der Waals surface area contributed by atoms with Gasteiger partial charge in [-0.25, -0.2) is 0 Å². The number of ketones is 1. The number of allylic oxidation sites excluding steroid dienone is 1. The van der Waals surface area contributed by atoms with Crippen LogP contribution in [-0.2, 0) is 19.1 Å². The molecular weight excluding hydrogens is 272 g/mol. The fourth-order valence-corrected chi connectivity index (χ4v) is 2.32. The Bertz CT molecular complexity index is 453. The molecule has 1 saturated heterocycles. The summed E-state index contributed by atoms with van der Waals surface area (Å²) in [6.07, 6.45) is 4.34. The first kappa shape index (κ1) is 16.9. The van der Waals surface area contributed by atoms with Crippen molar-refractivity contribution >= 4 is 17.7 Å². The Morgan fingerprint density at radius 3 is 2.95 bits per heavy atom. The van der Waals surface area contributed by atoms with Crippen LogP contribution >= 0.6 is 0 Å². The lowest BCUT2D eigenvalue weighted by Crippen LogP contribution is -2.44. The standard InChI is InChI=1S/C15H20N2O4/c1-2-3-6-13(18)10-12-5-4-8-17(15(12)20)11-14(19)21-9-7-16/h2,12H,1,3-6,8-11H2/t12-/m1/s1. The van der Waals surface area contributed by atoms with E-state index in [4.69, 9.17) is 5.26 Å². The molecule has 0 bridgehead atoms. The van der Waals surface area contributed by atoms with Gasteiger partial charge >= 0.3 is 5.97 Å². The third kappa shape index (κ3) is 5.78. The lowest BCUT2D eigenvalue weighted by Gasteiger charge is -2.31. The molecule has 1 atom stereocenters. The summed E-state index contributed by atoms with van der Waals surface area (Å²) in [6.45, 7) is 3.58. The molecule has 1 amide bonds. The van der Waals surface area contributed by atoms with E-state index >= 15 is 0 Å². The third-order valence-corrected chi connectivity index (χ3v) is 3.36. The summed E-state index contributed by atoms with van der Waals surface area (Å²) in [5, 5.41) is 8.33. The molecule has 1 aliphatic heterocycles. The lowest BCUT2D eigenvalue weighted by molar-refractivity contribution is -0.151. The number of hydrogen-bond acceptors (Lipinski definition) is 5. The van der Waals surface area contributed by atoms with Gasteiger partial charge in [0.1, 0.15) is 18.4 Å². The average molecular weight is 292 g/mol. The highest BCUT2D eigenvalue weighted by Crippen LogP contribution is 2.22. The smallest absolute Gasteiger partial charge is 0.326 e. The van der Waals surface area contributed by atoms with Crippen molar-refractivity contribution in [3.63, 3.8) is 0 Å². The van der Waals surface area contributed by atoms with Crippen LogP contribution in [0.5, 0.6) is 0 Å². The number of carbonyl (C=O) groups is 3. The minimum absolute atomic E-state index is 0.0437. The number of nitriles is 1. The van der Waals surface area contributed by atoms with Crippen molar-refractivity contribution in [3.8, 4) is 6.07 Å². The molecule has 6 nitrogen and oxygen atoms in total. The van der Waals surface area contributed by atoms with Gasteiger partial charge in [0.15, 0.2) is 6.61 Å². The maximum atomic E-state index is 12.2. The lowest BCUT2D eigenvalue weighted by atomic mass is 9.91. The van der Waals surface area contributed by atoms with Gasteiger partial charge in [-0.1, -0.05) is 6.08 Å². The molecule has 1 fully saturated rings. The van der Waals surface area contributed by atoms with Crippen molar-refractivity contribution in [2.45, 2.75) is 32.1 Å². The number of ether oxygens (including phenoxy) is 1. The number of piperidine rings is 1. The van der Waals surface area contributed by atoms with E-state index in [9.17, 15) is 14.4 Å². The molecular formula is C15H20N2O4. The molecule has 0 aromatic heterocycles. The largest absolute Gasteiger partial charge is 0.449 e. The highest BCUT2D eigenvalue weighted by molar-refractivity contribution is 5.89. The van der Waals surface area contributed by atoms with E-state index in [1.165, 1.54) is 4.90 Å². The van der Waals surface area contributed by atoms with Gasteiger partial charge < -0.3 is 9.64 Å². The van der Waals surface area contributed by atoms with Gasteiger partial charge in [-0.15, -0.1) is 6.58 Å². The molecule has 1 rings (SSSR count). The van der Waals surface area contributed by atoms with E-state index in [0.717, 1.165) is 6.42 Å². The number of Topliss-reactive ketones (excluding diaryl/α,β-unsaturated/α-hetero) is 1. The van der Waals surface area contributed by atoms with Crippen LogP contribution in [0.2, 0.25) is 0 Å². The first-order valence-electron chi connectivity index (χ1n) is 7.02. The molecule has 0 radical (unpaired) electrons. The van der Waals surface area contributed by atoms with E-state index in [1.54, 1.807) is 12.1 Å². The van der Waals surface area contributed by atoms with Crippen LogP contribution in [0.15, 0.2) is 12.7 Å². The minimum Gasteiger partial charge on any atom is -0.449 e. The molecule has 0 aromatic carbocycles. The van der Waals surface area contributed by atoms with Crippen molar-refractivity contribution in [3.05, 3.63) is 12.7 Å². The first-order valence-corrected chi connectivity index (χ1v) is 7.02. The topological polar surface area (TPSA) is 87.5 Å². The predicted molar refractivity (Wildman–Crippen MR) is 74.9 cm³/mol. The molecule has 0 spiro atoms. The molecule has 0 aliphatic carbocycles. The number of esters is 1. The second kappa shape index (κ2) is 8.90. The fourth-order valence-electron chi connectivity index (χ4n) is 2.32. The number of nitrogens with zero attached hydrogens (tertiary/aromatic N) is 2. The van der Waals surface area contributed by atoms with E-state index < -0.39 is 5.97 Å². The van der Waals surface area contributed by atoms with E-state index in [1.807, 2.05) is 0 Å². The number of carbonyl (C=O) groups excluding carboxylic acids is 3. The maximum Gasteiger partial charge on any atom is 0.326 e. The number of amides is 1. The molecule has 0 unspecified atom stereocenters. The van der Waals surface area contributed by atoms with Crippen LogP contribution < -0.4 is 0 Å². The molecule has 1 heterocycles. The molecule has 0 N–H and O–H groups in total. The van der Waals surface area contributed by atoms with Crippen LogP contribution in [0.25, 0.3) is 0 Å². The Morgan fingerprint density at radius 1 is 1.52 bits per heavy atom. The van der Waals surface area contributed by atoms with E-state index in [-0.39, 0.29) is 37.2 Å². The average Bonchev–Trinajstić information content (AvgIpc) is 2.47. The summed E-state index contributed by atoms with van der Waals surface area (Å²) < 4.78 is 4.64. The van der Waals surface area contributed by atoms with Gasteiger partial charge in [-0.2, -0.15) is 5.26 Å². The Labute approximate surface area is 124 Å². The molecule has 0 saturated carbocycles. The quantitative estimate of drug-likeness (QED) is 0.496. The maximum absolute atomic E-state index is 12.2. The van der Waals surface area contributed by atoms with Gasteiger partial charge in [-0.3, -0.25) is 14.4 Å². The van der Waals surface area contributed by atoms with Crippen molar-refractivity contribution < 1.29 is 19.1 Å². The molecule has 114 valence electrons. The summed E-state index contributed by atoms with van der Waals surface area (Å²) in [6, 6.07) is 1.70. The predicted octanol–water partition coefficient (Wildman–Crippen LogP) is 1.22. The summed E-state index contributed by atoms with van der Waals surface area (Å²) in [5.41, 5.74) is 0. The van der Waals surface area contributed by atoms with Gasteiger partial charge in [0.2, 0.25) is 5.91 Å². The van der Waals surface area contributed by atoms with Crippen LogP contribution in [0, 0.1) is 17.2 Å². The Balaban J connectivity index is 2.48. The third-order valence-electron chi connectivity index (χ3n) is 3.36. The Hall–Kier alpha value is -2.16. The van der Waals surface area contributed by atoms with Gasteiger partial charge in [0.25, 0.3) is 0 Å². The summed E-state index contributed by atoms with van der Waals surface area (Å²) in [5.74, 6) is -1.08. The zero-order valence-corrected chi connectivity index (χ0v) is 12.0. The van der Waals surface area contributed by atoms with Crippen molar-refractivity contribution in [1.82, 2.24) is 4.90 Å². The van der Waals surface area contributed by atoms with Crippen molar-refractivity contribution in [1.29, 1.82) is 5.26 Å². The molecule has 1 aliphatic rings. The highest BCUT2D eigenvalue weighted by atomic mass is 16.5. The second-order valence-corrected chi connectivity index (χ2v) is 4.99.